The number of non-ortho nitro benzene ring substituents is 6. The third-order valence-corrected chi connectivity index (χ3v) is 3.85. The molecule has 19 nitrogen and oxygen atoms in total. The van der Waals surface area contributed by atoms with E-state index in [0.29, 0.717) is 36.4 Å². The van der Waals surface area contributed by atoms with Crippen LogP contribution >= 0.6 is 0 Å². The van der Waals surface area contributed by atoms with Gasteiger partial charge >= 0.3 is 0 Å². The fourth-order valence-corrected chi connectivity index (χ4v) is 2.24. The fraction of sp³-hybridized carbons (Fsp3) is 0.0556. The van der Waals surface area contributed by atoms with Crippen molar-refractivity contribution in [3.63, 3.8) is 0 Å². The van der Waals surface area contributed by atoms with E-state index < -0.39 is 63.7 Å². The first-order chi connectivity index (χ1) is 17.2. The Labute approximate surface area is 203 Å². The lowest BCUT2D eigenvalue weighted by atomic mass is 10.2. The zero-order valence-electron chi connectivity index (χ0n) is 18.3. The van der Waals surface area contributed by atoms with Crippen LogP contribution in [0.3, 0.4) is 0 Å². The summed E-state index contributed by atoms with van der Waals surface area (Å²) in [4.78, 5) is 60.2. The van der Waals surface area contributed by atoms with Crippen molar-refractivity contribution >= 4 is 34.1 Å². The summed E-state index contributed by atoms with van der Waals surface area (Å²) < 4.78 is 0. The van der Waals surface area contributed by atoms with Gasteiger partial charge in [-0.05, 0) is 18.6 Å². The maximum Gasteiger partial charge on any atom is 0.283 e. The summed E-state index contributed by atoms with van der Waals surface area (Å²) in [5.74, 6) is 0. The Morgan fingerprint density at radius 2 is 0.757 bits per heavy atom. The van der Waals surface area contributed by atoms with Gasteiger partial charge in [-0.1, -0.05) is 6.07 Å². The molecule has 0 atom stereocenters. The Morgan fingerprint density at radius 1 is 0.514 bits per heavy atom. The van der Waals surface area contributed by atoms with Crippen LogP contribution in [-0.2, 0) is 0 Å². The number of benzene rings is 2. The van der Waals surface area contributed by atoms with Gasteiger partial charge in [-0.3, -0.25) is 65.7 Å². The van der Waals surface area contributed by atoms with Crippen LogP contribution in [0.2, 0.25) is 0 Å². The van der Waals surface area contributed by atoms with E-state index in [-0.39, 0.29) is 0 Å². The molecule has 3 rings (SSSR count). The van der Waals surface area contributed by atoms with Crippen LogP contribution in [-0.4, -0.2) is 34.5 Å². The van der Waals surface area contributed by atoms with Crippen LogP contribution in [0.15, 0.2) is 60.9 Å². The van der Waals surface area contributed by atoms with Gasteiger partial charge in [0.25, 0.3) is 34.1 Å². The number of nitro groups is 6. The maximum atomic E-state index is 10.3. The smallest absolute Gasteiger partial charge is 0.264 e. The first-order valence-electron chi connectivity index (χ1n) is 9.26. The standard InChI is InChI=1S/2C6H3N3O6.C6H7N/c2*10-7(11)4-1-5(8(12)13)3-6(2-4)9(14)15;1-6-3-2-4-7-5-6/h2*1-3H;2-5H,1H3. The number of nitrogens with zero attached hydrogens (tertiary/aromatic N) is 7. The summed E-state index contributed by atoms with van der Waals surface area (Å²) in [5.41, 5.74) is -2.90. The van der Waals surface area contributed by atoms with E-state index in [1.54, 1.807) is 6.20 Å². The van der Waals surface area contributed by atoms with E-state index in [0.717, 1.165) is 0 Å². The maximum absolute atomic E-state index is 10.3. The summed E-state index contributed by atoms with van der Waals surface area (Å²) in [6, 6.07) is 7.91. The fourth-order valence-electron chi connectivity index (χ4n) is 2.24. The van der Waals surface area contributed by atoms with E-state index in [1.807, 2.05) is 25.3 Å². The molecular weight excluding hydrogens is 506 g/mol. The minimum absolute atomic E-state index is 0.660. The monoisotopic (exact) mass is 519 g/mol. The van der Waals surface area contributed by atoms with Crippen molar-refractivity contribution in [1.29, 1.82) is 0 Å². The molecule has 0 fully saturated rings. The lowest BCUT2D eigenvalue weighted by Crippen LogP contribution is -1.96. The molecule has 0 saturated heterocycles. The van der Waals surface area contributed by atoms with Crippen LogP contribution in [0.4, 0.5) is 34.1 Å². The normalized spacial score (nSPS) is 9.43. The molecule has 0 aliphatic heterocycles. The number of aryl methyl sites for hydroxylation is 1. The Kier molecular flexibility index (Phi) is 10.2. The van der Waals surface area contributed by atoms with Gasteiger partial charge in [0.05, 0.1) is 65.9 Å². The van der Waals surface area contributed by atoms with Crippen LogP contribution in [0.5, 0.6) is 0 Å². The Bertz CT molecular complexity index is 1120. The van der Waals surface area contributed by atoms with Crippen molar-refractivity contribution in [1.82, 2.24) is 4.98 Å². The minimum Gasteiger partial charge on any atom is -0.264 e. The zero-order valence-corrected chi connectivity index (χ0v) is 18.3. The molecule has 2 aromatic carbocycles. The molecule has 1 aromatic heterocycles. The second-order valence-corrected chi connectivity index (χ2v) is 6.49. The molecule has 37 heavy (non-hydrogen) atoms. The zero-order chi connectivity index (χ0) is 28.3. The highest BCUT2D eigenvalue weighted by Crippen LogP contribution is 2.27. The van der Waals surface area contributed by atoms with Crippen LogP contribution < -0.4 is 0 Å². The second kappa shape index (κ2) is 13.0. The molecule has 1 heterocycles. The Balaban J connectivity index is 0.000000295. The van der Waals surface area contributed by atoms with Crippen molar-refractivity contribution in [2.24, 2.45) is 0 Å². The van der Waals surface area contributed by atoms with Crippen LogP contribution in [0.25, 0.3) is 0 Å². The van der Waals surface area contributed by atoms with Gasteiger partial charge in [0.2, 0.25) is 0 Å². The molecule has 0 bridgehead atoms. The van der Waals surface area contributed by atoms with E-state index in [4.69, 9.17) is 0 Å². The molecular formula is C18H13N7O12. The summed E-state index contributed by atoms with van der Waals surface area (Å²) in [5, 5.41) is 61.9. The third kappa shape index (κ3) is 9.40. The van der Waals surface area contributed by atoms with Crippen molar-refractivity contribution < 1.29 is 29.5 Å². The van der Waals surface area contributed by atoms with Gasteiger partial charge in [-0.25, -0.2) is 0 Å². The van der Waals surface area contributed by atoms with Gasteiger partial charge in [0.15, 0.2) is 0 Å². The van der Waals surface area contributed by atoms with E-state index in [1.165, 1.54) is 5.56 Å². The van der Waals surface area contributed by atoms with Crippen LogP contribution in [0.1, 0.15) is 5.56 Å². The van der Waals surface area contributed by atoms with Gasteiger partial charge in [0, 0.05) is 12.4 Å². The van der Waals surface area contributed by atoms with E-state index in [2.05, 4.69) is 4.98 Å². The summed E-state index contributed by atoms with van der Waals surface area (Å²) >= 11 is 0. The number of hydrogen-bond donors (Lipinski definition) is 0. The predicted molar refractivity (Wildman–Crippen MR) is 122 cm³/mol. The molecule has 0 aliphatic carbocycles. The summed E-state index contributed by atoms with van der Waals surface area (Å²) in [6.45, 7) is 2.02. The van der Waals surface area contributed by atoms with Crippen molar-refractivity contribution in [2.75, 3.05) is 0 Å². The molecule has 192 valence electrons. The number of nitro benzene ring substituents is 6. The van der Waals surface area contributed by atoms with Gasteiger partial charge in [0.1, 0.15) is 0 Å². The SMILES string of the molecule is Cc1cccnc1.O=[N+]([O-])c1cc([N+](=O)[O-])cc([N+](=O)[O-])c1.O=[N+]([O-])c1cc([N+](=O)[O-])cc([N+](=O)[O-])c1. The van der Waals surface area contributed by atoms with Gasteiger partial charge in [-0.2, -0.15) is 0 Å². The molecule has 0 saturated carbocycles. The van der Waals surface area contributed by atoms with Gasteiger partial charge < -0.3 is 0 Å². The molecule has 3 aromatic rings. The second-order valence-electron chi connectivity index (χ2n) is 6.49. The molecule has 19 heteroatoms. The average Bonchev–Trinajstić information content (AvgIpc) is 2.84. The quantitative estimate of drug-likeness (QED) is 0.326. The van der Waals surface area contributed by atoms with Gasteiger partial charge in [-0.15, -0.1) is 0 Å². The summed E-state index contributed by atoms with van der Waals surface area (Å²) in [6.07, 6.45) is 3.60. The number of aromatic nitrogens is 1. The molecule has 0 unspecified atom stereocenters. The highest BCUT2D eigenvalue weighted by Gasteiger charge is 2.22. The number of rotatable bonds is 6. The summed E-state index contributed by atoms with van der Waals surface area (Å²) in [7, 11) is 0. The minimum atomic E-state index is -0.931. The third-order valence-electron chi connectivity index (χ3n) is 3.85. The lowest BCUT2D eigenvalue weighted by molar-refractivity contribution is -0.403. The topological polar surface area (TPSA) is 272 Å². The lowest BCUT2D eigenvalue weighted by Gasteiger charge is -1.93. The number of hydrogen-bond acceptors (Lipinski definition) is 13. The molecule has 0 spiro atoms. The first kappa shape index (κ1) is 29.0. The van der Waals surface area contributed by atoms with Crippen molar-refractivity contribution in [3.05, 3.63) is 127 Å². The highest BCUT2D eigenvalue weighted by molar-refractivity contribution is 5.53. The molecule has 0 N–H and O–H groups in total. The average molecular weight is 519 g/mol. The van der Waals surface area contributed by atoms with Crippen LogP contribution in [0, 0.1) is 67.6 Å². The first-order valence-corrected chi connectivity index (χ1v) is 9.26. The van der Waals surface area contributed by atoms with E-state index >= 15 is 0 Å². The molecule has 0 radical (unpaired) electrons. The van der Waals surface area contributed by atoms with E-state index in [9.17, 15) is 60.7 Å². The molecule has 0 aliphatic rings. The van der Waals surface area contributed by atoms with Crippen molar-refractivity contribution in [3.8, 4) is 0 Å². The Hall–Kier alpha value is -6.01. The number of pyridine rings is 1. The van der Waals surface area contributed by atoms with Crippen molar-refractivity contribution in [2.45, 2.75) is 6.92 Å². The molecule has 0 amide bonds. The largest absolute Gasteiger partial charge is 0.283 e. The highest BCUT2D eigenvalue weighted by atomic mass is 16.6. The Morgan fingerprint density at radius 3 is 0.865 bits per heavy atom. The predicted octanol–water partition coefficient (Wildman–Crippen LogP) is 4.21.